The number of carbonyl (C=O) groups excluding carboxylic acids is 1. The summed E-state index contributed by atoms with van der Waals surface area (Å²) >= 11 is 1.49. The number of nitrogens with one attached hydrogen (secondary N) is 1. The van der Waals surface area contributed by atoms with Crippen molar-refractivity contribution in [3.8, 4) is 0 Å². The van der Waals surface area contributed by atoms with Crippen LogP contribution >= 0.6 is 11.5 Å². The molecule has 0 aliphatic carbocycles. The van der Waals surface area contributed by atoms with Crippen molar-refractivity contribution in [3.05, 3.63) is 89.7 Å². The van der Waals surface area contributed by atoms with Crippen LogP contribution in [-0.2, 0) is 6.42 Å². The van der Waals surface area contributed by atoms with Crippen LogP contribution in [0.1, 0.15) is 21.7 Å². The van der Waals surface area contributed by atoms with E-state index < -0.39 is 0 Å². The summed E-state index contributed by atoms with van der Waals surface area (Å²) < 4.78 is 4.55. The first-order chi connectivity index (χ1) is 16.3. The van der Waals surface area contributed by atoms with Crippen LogP contribution in [0.3, 0.4) is 0 Å². The quantitative estimate of drug-likeness (QED) is 0.457. The van der Waals surface area contributed by atoms with Crippen LogP contribution in [0, 0.1) is 0 Å². The molecule has 7 heteroatoms. The molecular weight excluding hydrogens is 430 g/mol. The number of nitrogens with zero attached hydrogens (tertiary/aromatic N) is 4. The number of rotatable bonds is 7. The summed E-state index contributed by atoms with van der Waals surface area (Å²) in [4.78, 5) is 22.2. The lowest BCUT2D eigenvalue weighted by Gasteiger charge is -2.34. The SMILES string of the molecule is O=C(NCCN1CCN(c2nc(Cc3ccccc3)ns2)CC1)c1cccc2ccccc12. The minimum Gasteiger partial charge on any atom is -0.351 e. The average molecular weight is 458 g/mol. The Hall–Kier alpha value is -3.29. The maximum atomic E-state index is 12.7. The molecule has 1 amide bonds. The molecular formula is C26H27N5OS. The molecule has 1 aliphatic heterocycles. The minimum absolute atomic E-state index is 0.00904. The zero-order valence-corrected chi connectivity index (χ0v) is 19.3. The van der Waals surface area contributed by atoms with Gasteiger partial charge in [0.2, 0.25) is 5.13 Å². The molecule has 1 aromatic heterocycles. The molecule has 1 saturated heterocycles. The molecule has 0 unspecified atom stereocenters. The summed E-state index contributed by atoms with van der Waals surface area (Å²) in [6.07, 6.45) is 0.772. The number of amides is 1. The third kappa shape index (κ3) is 5.21. The van der Waals surface area contributed by atoms with Gasteiger partial charge in [-0.15, -0.1) is 0 Å². The maximum Gasteiger partial charge on any atom is 0.251 e. The van der Waals surface area contributed by atoms with Crippen molar-refractivity contribution in [3.63, 3.8) is 0 Å². The number of benzene rings is 3. The topological polar surface area (TPSA) is 61.4 Å². The zero-order valence-electron chi connectivity index (χ0n) is 18.5. The third-order valence-corrected chi connectivity index (χ3v) is 6.87. The number of fused-ring (bicyclic) bond motifs is 1. The number of anilines is 1. The number of piperazine rings is 1. The monoisotopic (exact) mass is 457 g/mol. The van der Waals surface area contributed by atoms with E-state index in [1.54, 1.807) is 0 Å². The van der Waals surface area contributed by atoms with Crippen molar-refractivity contribution in [2.75, 3.05) is 44.2 Å². The molecule has 2 heterocycles. The van der Waals surface area contributed by atoms with Crippen molar-refractivity contribution in [2.45, 2.75) is 6.42 Å². The van der Waals surface area contributed by atoms with Gasteiger partial charge in [-0.05, 0) is 22.4 Å². The van der Waals surface area contributed by atoms with E-state index in [1.165, 1.54) is 17.1 Å². The van der Waals surface area contributed by atoms with Crippen molar-refractivity contribution in [2.24, 2.45) is 0 Å². The van der Waals surface area contributed by atoms with Crippen molar-refractivity contribution in [1.29, 1.82) is 0 Å². The van der Waals surface area contributed by atoms with Crippen LogP contribution < -0.4 is 10.2 Å². The fourth-order valence-corrected chi connectivity index (χ4v) is 4.97. The summed E-state index contributed by atoms with van der Waals surface area (Å²) in [5, 5.41) is 6.18. The predicted molar refractivity (Wildman–Crippen MR) is 134 cm³/mol. The van der Waals surface area contributed by atoms with Gasteiger partial charge in [-0.2, -0.15) is 4.37 Å². The van der Waals surface area contributed by atoms with E-state index in [1.807, 2.05) is 60.7 Å². The van der Waals surface area contributed by atoms with E-state index in [-0.39, 0.29) is 5.91 Å². The Labute approximate surface area is 198 Å². The van der Waals surface area contributed by atoms with Crippen LogP contribution in [0.4, 0.5) is 5.13 Å². The molecule has 0 radical (unpaired) electrons. The third-order valence-electron chi connectivity index (χ3n) is 6.05. The predicted octanol–water partition coefficient (Wildman–Crippen LogP) is 3.83. The van der Waals surface area contributed by atoms with Gasteiger partial charge in [0.25, 0.3) is 5.91 Å². The fraction of sp³-hybridized carbons (Fsp3) is 0.269. The van der Waals surface area contributed by atoms with Gasteiger partial charge in [-0.25, -0.2) is 4.98 Å². The fourth-order valence-electron chi connectivity index (χ4n) is 4.23. The molecule has 4 aromatic rings. The van der Waals surface area contributed by atoms with Gasteiger partial charge in [0, 0.05) is 62.8 Å². The summed E-state index contributed by atoms with van der Waals surface area (Å²) in [5.74, 6) is 0.880. The molecule has 5 rings (SSSR count). The molecule has 1 aliphatic rings. The van der Waals surface area contributed by atoms with E-state index in [4.69, 9.17) is 4.98 Å². The second-order valence-electron chi connectivity index (χ2n) is 8.27. The first-order valence-corrected chi connectivity index (χ1v) is 12.1. The summed E-state index contributed by atoms with van der Waals surface area (Å²) in [5.41, 5.74) is 1.97. The number of aromatic nitrogens is 2. The number of hydrogen-bond donors (Lipinski definition) is 1. The van der Waals surface area contributed by atoms with Gasteiger partial charge in [-0.3, -0.25) is 9.69 Å². The molecule has 168 valence electrons. The number of hydrogen-bond acceptors (Lipinski definition) is 6. The van der Waals surface area contributed by atoms with Crippen LogP contribution in [-0.4, -0.2) is 59.4 Å². The summed E-state index contributed by atoms with van der Waals surface area (Å²) in [7, 11) is 0. The zero-order chi connectivity index (χ0) is 22.5. The molecule has 0 bridgehead atoms. The highest BCUT2D eigenvalue weighted by Crippen LogP contribution is 2.21. The average Bonchev–Trinajstić information content (AvgIpc) is 3.33. The Morgan fingerprint density at radius 2 is 1.67 bits per heavy atom. The summed E-state index contributed by atoms with van der Waals surface area (Å²) in [6, 6.07) is 24.2. The molecule has 0 spiro atoms. The van der Waals surface area contributed by atoms with E-state index in [0.29, 0.717) is 6.54 Å². The van der Waals surface area contributed by atoms with Crippen molar-refractivity contribution >= 4 is 33.3 Å². The van der Waals surface area contributed by atoms with Gasteiger partial charge in [0.1, 0.15) is 5.82 Å². The van der Waals surface area contributed by atoms with E-state index in [0.717, 1.165) is 66.4 Å². The molecule has 1 N–H and O–H groups in total. The molecule has 0 atom stereocenters. The highest BCUT2D eigenvalue weighted by molar-refractivity contribution is 7.09. The largest absolute Gasteiger partial charge is 0.351 e. The smallest absolute Gasteiger partial charge is 0.251 e. The lowest BCUT2D eigenvalue weighted by atomic mass is 10.0. The highest BCUT2D eigenvalue weighted by Gasteiger charge is 2.20. The van der Waals surface area contributed by atoms with Crippen molar-refractivity contribution < 1.29 is 4.79 Å². The number of carbonyl (C=O) groups is 1. The summed E-state index contributed by atoms with van der Waals surface area (Å²) in [6.45, 7) is 5.26. The molecule has 0 saturated carbocycles. The van der Waals surface area contributed by atoms with Crippen molar-refractivity contribution in [1.82, 2.24) is 19.6 Å². The van der Waals surface area contributed by atoms with Crippen LogP contribution in [0.2, 0.25) is 0 Å². The van der Waals surface area contributed by atoms with Gasteiger partial charge in [0.05, 0.1) is 0 Å². The molecule has 1 fully saturated rings. The molecule has 33 heavy (non-hydrogen) atoms. The van der Waals surface area contributed by atoms with E-state index in [9.17, 15) is 4.79 Å². The van der Waals surface area contributed by atoms with Crippen LogP contribution in [0.5, 0.6) is 0 Å². The van der Waals surface area contributed by atoms with Gasteiger partial charge >= 0.3 is 0 Å². The molecule has 6 nitrogen and oxygen atoms in total. The Morgan fingerprint density at radius 1 is 0.909 bits per heavy atom. The lowest BCUT2D eigenvalue weighted by molar-refractivity contribution is 0.0949. The molecule has 3 aromatic carbocycles. The Bertz CT molecular complexity index is 1210. The second-order valence-corrected chi connectivity index (χ2v) is 9.00. The Balaban J connectivity index is 1.09. The van der Waals surface area contributed by atoms with Crippen LogP contribution in [0.15, 0.2) is 72.8 Å². The standard InChI is InChI=1S/C26H27N5OS/c32-25(23-12-6-10-21-9-4-5-11-22(21)23)27-13-14-30-15-17-31(18-16-30)26-28-24(29-33-26)19-20-7-2-1-3-8-20/h1-12H,13-19H2,(H,27,32). The van der Waals surface area contributed by atoms with Gasteiger partial charge in [0.15, 0.2) is 0 Å². The highest BCUT2D eigenvalue weighted by atomic mass is 32.1. The Morgan fingerprint density at radius 3 is 2.52 bits per heavy atom. The van der Waals surface area contributed by atoms with Gasteiger partial charge < -0.3 is 10.2 Å². The first-order valence-electron chi connectivity index (χ1n) is 11.4. The van der Waals surface area contributed by atoms with E-state index >= 15 is 0 Å². The minimum atomic E-state index is -0.00904. The Kier molecular flexibility index (Phi) is 6.60. The normalized spacial score (nSPS) is 14.5. The van der Waals surface area contributed by atoms with Crippen LogP contribution in [0.25, 0.3) is 10.8 Å². The first kappa shape index (κ1) is 21.6. The maximum absolute atomic E-state index is 12.7. The van der Waals surface area contributed by atoms with E-state index in [2.05, 4.69) is 31.6 Å². The lowest BCUT2D eigenvalue weighted by Crippen LogP contribution is -2.48. The second kappa shape index (κ2) is 10.1. The van der Waals surface area contributed by atoms with Gasteiger partial charge in [-0.1, -0.05) is 66.7 Å².